The minimum atomic E-state index is 0.938. The molecule has 1 aliphatic heterocycles. The summed E-state index contributed by atoms with van der Waals surface area (Å²) in [7, 11) is 2.24. The summed E-state index contributed by atoms with van der Waals surface area (Å²) in [6.45, 7) is 7.26. The molecule has 0 amide bonds. The zero-order valence-corrected chi connectivity index (χ0v) is 9.18. The molecule has 1 rings (SSSR count). The predicted octanol–water partition coefficient (Wildman–Crippen LogP) is 1.72. The molecule has 0 aliphatic carbocycles. The molecular weight excluding hydrogens is 160 g/mol. The monoisotopic (exact) mass is 184 g/mol. The summed E-state index contributed by atoms with van der Waals surface area (Å²) in [5, 5.41) is 3.47. The zero-order valence-electron chi connectivity index (χ0n) is 9.18. The second-order valence-electron chi connectivity index (χ2n) is 4.30. The van der Waals surface area contributed by atoms with Crippen LogP contribution in [0.3, 0.4) is 0 Å². The van der Waals surface area contributed by atoms with Crippen molar-refractivity contribution in [1.82, 2.24) is 10.2 Å². The quantitative estimate of drug-likeness (QED) is 0.700. The van der Waals surface area contributed by atoms with Crippen molar-refractivity contribution in [3.8, 4) is 0 Å². The van der Waals surface area contributed by atoms with E-state index in [1.54, 1.807) is 0 Å². The van der Waals surface area contributed by atoms with Gasteiger partial charge in [-0.2, -0.15) is 0 Å². The van der Waals surface area contributed by atoms with Gasteiger partial charge in [0.1, 0.15) is 0 Å². The van der Waals surface area contributed by atoms with Gasteiger partial charge in [-0.1, -0.05) is 6.92 Å². The van der Waals surface area contributed by atoms with E-state index in [1.165, 1.54) is 51.9 Å². The van der Waals surface area contributed by atoms with Crippen LogP contribution in [0.25, 0.3) is 0 Å². The smallest absolute Gasteiger partial charge is 0.00187 e. The molecule has 0 saturated carbocycles. The molecule has 0 aromatic heterocycles. The Morgan fingerprint density at radius 2 is 2.23 bits per heavy atom. The highest BCUT2D eigenvalue weighted by Crippen LogP contribution is 2.13. The molecular formula is C11H24N2. The maximum Gasteiger partial charge on any atom is -0.00187 e. The first-order valence-corrected chi connectivity index (χ1v) is 5.72. The molecule has 1 fully saturated rings. The Hall–Kier alpha value is -0.0800. The van der Waals surface area contributed by atoms with Crippen LogP contribution in [-0.2, 0) is 0 Å². The van der Waals surface area contributed by atoms with Gasteiger partial charge in [-0.25, -0.2) is 0 Å². The summed E-state index contributed by atoms with van der Waals surface area (Å²) in [5.41, 5.74) is 0. The Morgan fingerprint density at radius 1 is 1.38 bits per heavy atom. The van der Waals surface area contributed by atoms with Crippen molar-refractivity contribution in [3.63, 3.8) is 0 Å². The SMILES string of the molecule is CCCN(C)CC[C@H]1CCCNC1. The van der Waals surface area contributed by atoms with Crippen LogP contribution < -0.4 is 5.32 Å². The van der Waals surface area contributed by atoms with E-state index in [-0.39, 0.29) is 0 Å². The maximum atomic E-state index is 3.47. The second kappa shape index (κ2) is 6.39. The molecule has 1 saturated heterocycles. The molecule has 78 valence electrons. The molecule has 0 radical (unpaired) electrons. The Bertz CT molecular complexity index is 119. The standard InChI is InChI=1S/C11H24N2/c1-3-8-13(2)9-6-11-5-4-7-12-10-11/h11-12H,3-10H2,1-2H3/t11-/m1/s1. The molecule has 1 N–H and O–H groups in total. The Morgan fingerprint density at radius 3 is 2.85 bits per heavy atom. The van der Waals surface area contributed by atoms with Crippen molar-refractivity contribution in [2.75, 3.05) is 33.2 Å². The van der Waals surface area contributed by atoms with Gasteiger partial charge in [0.25, 0.3) is 0 Å². The van der Waals surface area contributed by atoms with Gasteiger partial charge >= 0.3 is 0 Å². The van der Waals surface area contributed by atoms with Gasteiger partial charge in [0.15, 0.2) is 0 Å². The number of nitrogens with zero attached hydrogens (tertiary/aromatic N) is 1. The molecule has 0 unspecified atom stereocenters. The Labute approximate surface area is 82.7 Å². The van der Waals surface area contributed by atoms with E-state index < -0.39 is 0 Å². The first-order chi connectivity index (χ1) is 6.33. The lowest BCUT2D eigenvalue weighted by atomic mass is 9.96. The Kier molecular flexibility index (Phi) is 5.40. The van der Waals surface area contributed by atoms with E-state index in [4.69, 9.17) is 0 Å². The third-order valence-electron chi connectivity index (χ3n) is 2.92. The van der Waals surface area contributed by atoms with Crippen molar-refractivity contribution < 1.29 is 0 Å². The highest BCUT2D eigenvalue weighted by atomic mass is 15.1. The highest BCUT2D eigenvalue weighted by molar-refractivity contribution is 4.69. The molecule has 0 aromatic rings. The first kappa shape index (κ1) is 11.0. The van der Waals surface area contributed by atoms with Crippen LogP contribution >= 0.6 is 0 Å². The van der Waals surface area contributed by atoms with Crippen LogP contribution in [0, 0.1) is 5.92 Å². The summed E-state index contributed by atoms with van der Waals surface area (Å²) in [4.78, 5) is 2.45. The molecule has 1 aliphatic rings. The van der Waals surface area contributed by atoms with Crippen LogP contribution in [0.5, 0.6) is 0 Å². The van der Waals surface area contributed by atoms with E-state index in [9.17, 15) is 0 Å². The van der Waals surface area contributed by atoms with Crippen LogP contribution in [0.2, 0.25) is 0 Å². The second-order valence-corrected chi connectivity index (χ2v) is 4.30. The van der Waals surface area contributed by atoms with Crippen molar-refractivity contribution in [3.05, 3.63) is 0 Å². The van der Waals surface area contributed by atoms with Crippen molar-refractivity contribution in [1.29, 1.82) is 0 Å². The average Bonchev–Trinajstić information content (AvgIpc) is 2.17. The van der Waals surface area contributed by atoms with E-state index in [0.29, 0.717) is 0 Å². The average molecular weight is 184 g/mol. The number of piperidine rings is 1. The lowest BCUT2D eigenvalue weighted by molar-refractivity contribution is 0.274. The summed E-state index contributed by atoms with van der Waals surface area (Å²) >= 11 is 0. The minimum absolute atomic E-state index is 0.938. The van der Waals surface area contributed by atoms with Gasteiger partial charge in [-0.15, -0.1) is 0 Å². The van der Waals surface area contributed by atoms with E-state index >= 15 is 0 Å². The lowest BCUT2D eigenvalue weighted by Crippen LogP contribution is -2.32. The third-order valence-corrected chi connectivity index (χ3v) is 2.92. The third kappa shape index (κ3) is 4.63. The predicted molar refractivity (Wildman–Crippen MR) is 58.0 cm³/mol. The first-order valence-electron chi connectivity index (χ1n) is 5.72. The van der Waals surface area contributed by atoms with Crippen molar-refractivity contribution in [2.45, 2.75) is 32.6 Å². The molecule has 0 spiro atoms. The van der Waals surface area contributed by atoms with E-state index in [1.807, 2.05) is 0 Å². The maximum absolute atomic E-state index is 3.47. The molecule has 2 nitrogen and oxygen atoms in total. The summed E-state index contributed by atoms with van der Waals surface area (Å²) in [6, 6.07) is 0. The van der Waals surface area contributed by atoms with Gasteiger partial charge in [-0.05, 0) is 64.8 Å². The van der Waals surface area contributed by atoms with Gasteiger partial charge in [0.05, 0.1) is 0 Å². The number of hydrogen-bond acceptors (Lipinski definition) is 2. The minimum Gasteiger partial charge on any atom is -0.316 e. The number of hydrogen-bond donors (Lipinski definition) is 1. The fourth-order valence-electron chi connectivity index (χ4n) is 2.07. The molecule has 1 atom stereocenters. The van der Waals surface area contributed by atoms with Crippen molar-refractivity contribution >= 4 is 0 Å². The van der Waals surface area contributed by atoms with Gasteiger partial charge in [-0.3, -0.25) is 0 Å². The molecule has 1 heterocycles. The van der Waals surface area contributed by atoms with Crippen molar-refractivity contribution in [2.24, 2.45) is 5.92 Å². The van der Waals surface area contributed by atoms with Crippen LogP contribution in [0.4, 0.5) is 0 Å². The summed E-state index contributed by atoms with van der Waals surface area (Å²) in [6.07, 6.45) is 5.47. The van der Waals surface area contributed by atoms with Crippen LogP contribution in [-0.4, -0.2) is 38.1 Å². The van der Waals surface area contributed by atoms with Gasteiger partial charge in [0.2, 0.25) is 0 Å². The molecule has 2 heteroatoms. The largest absolute Gasteiger partial charge is 0.316 e. The van der Waals surface area contributed by atoms with Gasteiger partial charge in [0, 0.05) is 0 Å². The lowest BCUT2D eigenvalue weighted by Gasteiger charge is -2.25. The Balaban J connectivity index is 2.03. The molecule has 0 bridgehead atoms. The number of nitrogens with one attached hydrogen (secondary N) is 1. The van der Waals surface area contributed by atoms with E-state index in [0.717, 1.165) is 5.92 Å². The topological polar surface area (TPSA) is 15.3 Å². The summed E-state index contributed by atoms with van der Waals surface area (Å²) in [5.74, 6) is 0.938. The fraction of sp³-hybridized carbons (Fsp3) is 1.00. The molecule has 0 aromatic carbocycles. The highest BCUT2D eigenvalue weighted by Gasteiger charge is 2.12. The van der Waals surface area contributed by atoms with E-state index in [2.05, 4.69) is 24.2 Å². The molecule has 13 heavy (non-hydrogen) atoms. The fourth-order valence-corrected chi connectivity index (χ4v) is 2.07. The van der Waals surface area contributed by atoms with Crippen LogP contribution in [0.1, 0.15) is 32.6 Å². The number of rotatable bonds is 5. The zero-order chi connectivity index (χ0) is 9.52. The summed E-state index contributed by atoms with van der Waals surface area (Å²) < 4.78 is 0. The van der Waals surface area contributed by atoms with Gasteiger partial charge < -0.3 is 10.2 Å². The normalized spacial score (nSPS) is 23.8. The van der Waals surface area contributed by atoms with Crippen LogP contribution in [0.15, 0.2) is 0 Å².